The Morgan fingerprint density at radius 2 is 2.31 bits per heavy atom. The van der Waals surface area contributed by atoms with Crippen molar-refractivity contribution in [1.82, 2.24) is 9.88 Å². The van der Waals surface area contributed by atoms with E-state index < -0.39 is 0 Å². The quantitative estimate of drug-likeness (QED) is 0.836. The number of anilines is 1. The highest BCUT2D eigenvalue weighted by atomic mass is 16.2. The molecule has 16 heavy (non-hydrogen) atoms. The van der Waals surface area contributed by atoms with E-state index in [1.807, 2.05) is 26.2 Å². The Labute approximate surface area is 95.7 Å². The molecular weight excluding hydrogens is 202 g/mol. The fourth-order valence-electron chi connectivity index (χ4n) is 1.66. The van der Waals surface area contributed by atoms with Crippen LogP contribution in [0.1, 0.15) is 23.2 Å². The normalized spacial score (nSPS) is 14.6. The summed E-state index contributed by atoms with van der Waals surface area (Å²) in [4.78, 5) is 17.9. The molecule has 0 aliphatic heterocycles. The molecular formula is C12H17N3O. The second kappa shape index (κ2) is 4.51. The number of aromatic nitrogens is 1. The largest absolute Gasteiger partial charge is 0.373 e. The standard InChI is InChI=1S/C12H17N3O/c1-13-11-6-5-10(7-14-11)12(16)15(2)8-9-3-4-9/h5-7,9H,3-4,8H2,1-2H3,(H,13,14). The van der Waals surface area contributed by atoms with Crippen molar-refractivity contribution in [2.45, 2.75) is 12.8 Å². The minimum atomic E-state index is 0.0575. The van der Waals surface area contributed by atoms with Crippen molar-refractivity contribution >= 4 is 11.7 Å². The molecule has 0 spiro atoms. The summed E-state index contributed by atoms with van der Waals surface area (Å²) in [6.45, 7) is 0.868. The second-order valence-electron chi connectivity index (χ2n) is 4.31. The van der Waals surface area contributed by atoms with Crippen molar-refractivity contribution in [2.24, 2.45) is 5.92 Å². The van der Waals surface area contributed by atoms with E-state index in [4.69, 9.17) is 0 Å². The molecule has 1 aliphatic carbocycles. The summed E-state index contributed by atoms with van der Waals surface area (Å²) >= 11 is 0. The lowest BCUT2D eigenvalue weighted by atomic mass is 10.2. The number of carbonyl (C=O) groups is 1. The molecule has 0 unspecified atom stereocenters. The zero-order valence-electron chi connectivity index (χ0n) is 9.73. The average molecular weight is 219 g/mol. The van der Waals surface area contributed by atoms with Crippen LogP contribution in [0.15, 0.2) is 18.3 Å². The van der Waals surface area contributed by atoms with E-state index in [2.05, 4.69) is 10.3 Å². The third kappa shape index (κ3) is 2.51. The van der Waals surface area contributed by atoms with Crippen LogP contribution < -0.4 is 5.32 Å². The van der Waals surface area contributed by atoms with E-state index in [0.717, 1.165) is 18.3 Å². The van der Waals surface area contributed by atoms with Crippen LogP contribution in [-0.2, 0) is 0 Å². The smallest absolute Gasteiger partial charge is 0.255 e. The van der Waals surface area contributed by atoms with Crippen LogP contribution in [0.5, 0.6) is 0 Å². The zero-order valence-corrected chi connectivity index (χ0v) is 9.73. The number of nitrogens with one attached hydrogen (secondary N) is 1. The van der Waals surface area contributed by atoms with Gasteiger partial charge in [-0.25, -0.2) is 4.98 Å². The van der Waals surface area contributed by atoms with Crippen LogP contribution >= 0.6 is 0 Å². The van der Waals surface area contributed by atoms with Gasteiger partial charge in [0.1, 0.15) is 5.82 Å². The molecule has 4 heteroatoms. The Balaban J connectivity index is 2.00. The van der Waals surface area contributed by atoms with E-state index >= 15 is 0 Å². The minimum absolute atomic E-state index is 0.0575. The molecule has 0 saturated heterocycles. The monoisotopic (exact) mass is 219 g/mol. The first-order valence-electron chi connectivity index (χ1n) is 5.60. The first-order chi connectivity index (χ1) is 7.70. The van der Waals surface area contributed by atoms with E-state index in [9.17, 15) is 4.79 Å². The van der Waals surface area contributed by atoms with Crippen molar-refractivity contribution in [1.29, 1.82) is 0 Å². The summed E-state index contributed by atoms with van der Waals surface area (Å²) in [6.07, 6.45) is 4.14. The van der Waals surface area contributed by atoms with Crippen LogP contribution in [0, 0.1) is 5.92 Å². The van der Waals surface area contributed by atoms with E-state index in [1.54, 1.807) is 11.1 Å². The number of hydrogen-bond acceptors (Lipinski definition) is 3. The highest BCUT2D eigenvalue weighted by Crippen LogP contribution is 2.29. The molecule has 1 N–H and O–H groups in total. The third-order valence-electron chi connectivity index (χ3n) is 2.84. The first-order valence-corrected chi connectivity index (χ1v) is 5.60. The average Bonchev–Trinajstić information content (AvgIpc) is 3.12. The fraction of sp³-hybridized carbons (Fsp3) is 0.500. The van der Waals surface area contributed by atoms with Crippen molar-refractivity contribution in [2.75, 3.05) is 26.0 Å². The molecule has 1 aliphatic rings. The van der Waals surface area contributed by atoms with Crippen LogP contribution in [0.4, 0.5) is 5.82 Å². The molecule has 1 aromatic rings. The van der Waals surface area contributed by atoms with Gasteiger partial charge in [-0.15, -0.1) is 0 Å². The lowest BCUT2D eigenvalue weighted by Crippen LogP contribution is -2.28. The maximum atomic E-state index is 12.0. The summed E-state index contributed by atoms with van der Waals surface area (Å²) in [5.41, 5.74) is 0.655. The zero-order chi connectivity index (χ0) is 11.5. The lowest BCUT2D eigenvalue weighted by Gasteiger charge is -2.16. The van der Waals surface area contributed by atoms with Crippen molar-refractivity contribution in [3.63, 3.8) is 0 Å². The summed E-state index contributed by atoms with van der Waals surface area (Å²) in [7, 11) is 3.66. The van der Waals surface area contributed by atoms with Gasteiger partial charge in [-0.3, -0.25) is 4.79 Å². The highest BCUT2D eigenvalue weighted by molar-refractivity contribution is 5.93. The van der Waals surface area contributed by atoms with E-state index in [-0.39, 0.29) is 5.91 Å². The maximum Gasteiger partial charge on any atom is 0.255 e. The third-order valence-corrected chi connectivity index (χ3v) is 2.84. The van der Waals surface area contributed by atoms with Gasteiger partial charge < -0.3 is 10.2 Å². The SMILES string of the molecule is CNc1ccc(C(=O)N(C)CC2CC2)cn1. The lowest BCUT2D eigenvalue weighted by molar-refractivity contribution is 0.0788. The predicted molar refractivity (Wildman–Crippen MR) is 63.5 cm³/mol. The molecule has 1 amide bonds. The molecule has 1 saturated carbocycles. The van der Waals surface area contributed by atoms with Gasteiger partial charge in [-0.05, 0) is 30.9 Å². The Morgan fingerprint density at radius 3 is 2.81 bits per heavy atom. The number of pyridine rings is 1. The Kier molecular flexibility index (Phi) is 3.08. The van der Waals surface area contributed by atoms with Gasteiger partial charge >= 0.3 is 0 Å². The molecule has 1 aromatic heterocycles. The predicted octanol–water partition coefficient (Wildman–Crippen LogP) is 1.61. The molecule has 1 heterocycles. The summed E-state index contributed by atoms with van der Waals surface area (Å²) in [5.74, 6) is 1.56. The summed E-state index contributed by atoms with van der Waals surface area (Å²) in [6, 6.07) is 3.63. The molecule has 4 nitrogen and oxygen atoms in total. The number of carbonyl (C=O) groups excluding carboxylic acids is 1. The van der Waals surface area contributed by atoms with E-state index in [1.165, 1.54) is 12.8 Å². The topological polar surface area (TPSA) is 45.2 Å². The number of nitrogens with zero attached hydrogens (tertiary/aromatic N) is 2. The summed E-state index contributed by atoms with van der Waals surface area (Å²) in [5, 5.41) is 2.93. The number of amides is 1. The van der Waals surface area contributed by atoms with Crippen LogP contribution in [0.2, 0.25) is 0 Å². The van der Waals surface area contributed by atoms with Crippen LogP contribution in [0.3, 0.4) is 0 Å². The van der Waals surface area contributed by atoms with Gasteiger partial charge in [0, 0.05) is 26.8 Å². The van der Waals surface area contributed by atoms with Gasteiger partial charge in [0.2, 0.25) is 0 Å². The number of rotatable bonds is 4. The Bertz CT molecular complexity index is 370. The van der Waals surface area contributed by atoms with Crippen LogP contribution in [-0.4, -0.2) is 36.4 Å². The molecule has 86 valence electrons. The van der Waals surface area contributed by atoms with Crippen molar-refractivity contribution in [3.8, 4) is 0 Å². The van der Waals surface area contributed by atoms with Crippen LogP contribution in [0.25, 0.3) is 0 Å². The van der Waals surface area contributed by atoms with E-state index in [0.29, 0.717) is 5.56 Å². The Morgan fingerprint density at radius 1 is 1.56 bits per heavy atom. The van der Waals surface area contributed by atoms with Gasteiger partial charge in [0.15, 0.2) is 0 Å². The molecule has 0 bridgehead atoms. The highest BCUT2D eigenvalue weighted by Gasteiger charge is 2.25. The Hall–Kier alpha value is -1.58. The molecule has 0 atom stereocenters. The summed E-state index contributed by atoms with van der Waals surface area (Å²) < 4.78 is 0. The van der Waals surface area contributed by atoms with Gasteiger partial charge in [-0.1, -0.05) is 0 Å². The molecule has 0 aromatic carbocycles. The first kappa shape index (κ1) is 10.9. The molecule has 2 rings (SSSR count). The van der Waals surface area contributed by atoms with Crippen molar-refractivity contribution in [3.05, 3.63) is 23.9 Å². The van der Waals surface area contributed by atoms with Gasteiger partial charge in [-0.2, -0.15) is 0 Å². The fourth-order valence-corrected chi connectivity index (χ4v) is 1.66. The second-order valence-corrected chi connectivity index (χ2v) is 4.31. The van der Waals surface area contributed by atoms with Gasteiger partial charge in [0.05, 0.1) is 5.56 Å². The minimum Gasteiger partial charge on any atom is -0.373 e. The number of hydrogen-bond donors (Lipinski definition) is 1. The van der Waals surface area contributed by atoms with Crippen molar-refractivity contribution < 1.29 is 4.79 Å². The maximum absolute atomic E-state index is 12.0. The van der Waals surface area contributed by atoms with Gasteiger partial charge in [0.25, 0.3) is 5.91 Å². The molecule has 0 radical (unpaired) electrons. The molecule has 1 fully saturated rings.